The van der Waals surface area contributed by atoms with E-state index in [1.807, 2.05) is 11.9 Å². The number of carboxylic acid groups (broad SMARTS) is 2. The second kappa shape index (κ2) is 6.59. The van der Waals surface area contributed by atoms with Gasteiger partial charge in [-0.05, 0) is 25.8 Å². The van der Waals surface area contributed by atoms with Crippen molar-refractivity contribution < 1.29 is 19.8 Å². The van der Waals surface area contributed by atoms with Crippen molar-refractivity contribution in [1.82, 2.24) is 4.90 Å². The molecule has 0 heterocycles. The third kappa shape index (κ3) is 5.17. The maximum Gasteiger partial charge on any atom is 0.308 e. The molecule has 0 aromatic heterocycles. The molecule has 0 bridgehead atoms. The predicted molar refractivity (Wildman–Crippen MR) is 62.8 cm³/mol. The first-order valence-electron chi connectivity index (χ1n) is 6.12. The highest BCUT2D eigenvalue weighted by Gasteiger charge is 2.24. The Morgan fingerprint density at radius 2 is 1.88 bits per heavy atom. The van der Waals surface area contributed by atoms with Crippen LogP contribution in [0.4, 0.5) is 0 Å². The number of rotatable bonds is 7. The first kappa shape index (κ1) is 14.0. The van der Waals surface area contributed by atoms with Gasteiger partial charge in [0.05, 0.1) is 12.3 Å². The van der Waals surface area contributed by atoms with Crippen molar-refractivity contribution in [3.8, 4) is 0 Å². The summed E-state index contributed by atoms with van der Waals surface area (Å²) in [6.45, 7) is 1.20. The van der Waals surface area contributed by atoms with Gasteiger partial charge in [-0.15, -0.1) is 0 Å². The average molecular weight is 243 g/mol. The highest BCUT2D eigenvalue weighted by Crippen LogP contribution is 2.25. The van der Waals surface area contributed by atoms with E-state index in [4.69, 9.17) is 10.2 Å². The molecule has 0 spiro atoms. The van der Waals surface area contributed by atoms with E-state index in [0.29, 0.717) is 12.5 Å². The Kier molecular flexibility index (Phi) is 5.41. The maximum absolute atomic E-state index is 10.9. The molecule has 1 fully saturated rings. The first-order valence-corrected chi connectivity index (χ1v) is 6.12. The van der Waals surface area contributed by atoms with Crippen LogP contribution in [-0.2, 0) is 9.59 Å². The fourth-order valence-corrected chi connectivity index (χ4v) is 2.53. The third-order valence-electron chi connectivity index (χ3n) is 3.35. The van der Waals surface area contributed by atoms with E-state index in [0.717, 1.165) is 6.54 Å². The van der Waals surface area contributed by atoms with E-state index in [-0.39, 0.29) is 6.42 Å². The normalized spacial score (nSPS) is 18.5. The summed E-state index contributed by atoms with van der Waals surface area (Å²) in [6, 6.07) is 0. The Labute approximate surface area is 101 Å². The fraction of sp³-hybridized carbons (Fsp3) is 0.833. The Balaban J connectivity index is 2.37. The van der Waals surface area contributed by atoms with E-state index in [9.17, 15) is 9.59 Å². The molecule has 5 heteroatoms. The zero-order chi connectivity index (χ0) is 12.8. The monoisotopic (exact) mass is 243 g/mol. The van der Waals surface area contributed by atoms with Crippen LogP contribution >= 0.6 is 0 Å². The fourth-order valence-electron chi connectivity index (χ4n) is 2.53. The second-order valence-electron chi connectivity index (χ2n) is 5.00. The summed E-state index contributed by atoms with van der Waals surface area (Å²) in [5.74, 6) is -2.23. The van der Waals surface area contributed by atoms with Gasteiger partial charge in [0, 0.05) is 13.1 Å². The van der Waals surface area contributed by atoms with E-state index in [1.165, 1.54) is 25.7 Å². The molecule has 0 aromatic rings. The van der Waals surface area contributed by atoms with Crippen LogP contribution < -0.4 is 0 Å². The molecule has 1 aliphatic rings. The van der Waals surface area contributed by atoms with Crippen LogP contribution in [0, 0.1) is 11.8 Å². The summed E-state index contributed by atoms with van der Waals surface area (Å²) in [6.07, 6.45) is 4.64. The molecule has 1 atom stereocenters. The zero-order valence-corrected chi connectivity index (χ0v) is 10.3. The predicted octanol–water partition coefficient (Wildman–Crippen LogP) is 1.28. The minimum Gasteiger partial charge on any atom is -0.481 e. The van der Waals surface area contributed by atoms with Crippen LogP contribution in [-0.4, -0.2) is 47.2 Å². The van der Waals surface area contributed by atoms with Gasteiger partial charge in [-0.1, -0.05) is 12.8 Å². The lowest BCUT2D eigenvalue weighted by Crippen LogP contribution is -2.34. The van der Waals surface area contributed by atoms with Crippen LogP contribution in [0.1, 0.15) is 32.1 Å². The van der Waals surface area contributed by atoms with Crippen molar-refractivity contribution >= 4 is 11.9 Å². The number of aliphatic carboxylic acids is 2. The van der Waals surface area contributed by atoms with Crippen LogP contribution in [0.3, 0.4) is 0 Å². The minimum atomic E-state index is -1.05. The van der Waals surface area contributed by atoms with Gasteiger partial charge in [-0.3, -0.25) is 9.59 Å². The molecule has 0 radical (unpaired) electrons. The number of hydrogen-bond acceptors (Lipinski definition) is 3. The maximum atomic E-state index is 10.9. The molecule has 1 rings (SSSR count). The van der Waals surface area contributed by atoms with E-state index in [2.05, 4.69) is 0 Å². The molecular formula is C12H21NO4. The molecule has 0 amide bonds. The molecule has 0 aromatic carbocycles. The van der Waals surface area contributed by atoms with Crippen molar-refractivity contribution in [2.45, 2.75) is 32.1 Å². The summed E-state index contributed by atoms with van der Waals surface area (Å²) in [5, 5.41) is 17.6. The summed E-state index contributed by atoms with van der Waals surface area (Å²) < 4.78 is 0. The Bertz CT molecular complexity index is 274. The second-order valence-corrected chi connectivity index (χ2v) is 5.00. The van der Waals surface area contributed by atoms with Crippen LogP contribution in [0.2, 0.25) is 0 Å². The molecule has 17 heavy (non-hydrogen) atoms. The molecule has 1 aliphatic carbocycles. The van der Waals surface area contributed by atoms with Gasteiger partial charge in [-0.2, -0.15) is 0 Å². The highest BCUT2D eigenvalue weighted by atomic mass is 16.4. The number of hydrogen-bond donors (Lipinski definition) is 2. The summed E-state index contributed by atoms with van der Waals surface area (Å²) >= 11 is 0. The Morgan fingerprint density at radius 3 is 2.35 bits per heavy atom. The van der Waals surface area contributed by atoms with Crippen molar-refractivity contribution in [3.63, 3.8) is 0 Å². The summed E-state index contributed by atoms with van der Waals surface area (Å²) in [7, 11) is 1.87. The minimum absolute atomic E-state index is 0.301. The largest absolute Gasteiger partial charge is 0.481 e. The zero-order valence-electron chi connectivity index (χ0n) is 10.3. The summed E-state index contributed by atoms with van der Waals surface area (Å²) in [4.78, 5) is 23.4. The van der Waals surface area contributed by atoms with Crippen LogP contribution in [0.25, 0.3) is 0 Å². The smallest absolute Gasteiger partial charge is 0.308 e. The number of carbonyl (C=O) groups is 2. The van der Waals surface area contributed by atoms with Gasteiger partial charge in [-0.25, -0.2) is 0 Å². The molecule has 1 saturated carbocycles. The molecule has 2 N–H and O–H groups in total. The van der Waals surface area contributed by atoms with Gasteiger partial charge in [0.15, 0.2) is 0 Å². The molecule has 0 saturated heterocycles. The third-order valence-corrected chi connectivity index (χ3v) is 3.35. The van der Waals surface area contributed by atoms with E-state index >= 15 is 0 Å². The standard InChI is InChI=1S/C12H21NO4/c1-13(7-9-4-2-3-5-9)8-10(12(16)17)6-11(14)15/h9-10H,2-8H2,1H3,(H,14,15)(H,16,17). The number of nitrogens with zero attached hydrogens (tertiary/aromatic N) is 1. The van der Waals surface area contributed by atoms with Crippen molar-refractivity contribution in [2.24, 2.45) is 11.8 Å². The molecule has 1 unspecified atom stereocenters. The van der Waals surface area contributed by atoms with E-state index in [1.54, 1.807) is 0 Å². The Morgan fingerprint density at radius 1 is 1.29 bits per heavy atom. The van der Waals surface area contributed by atoms with Crippen LogP contribution in [0.5, 0.6) is 0 Å². The lowest BCUT2D eigenvalue weighted by atomic mass is 10.0. The van der Waals surface area contributed by atoms with Gasteiger partial charge < -0.3 is 15.1 Å². The molecule has 0 aliphatic heterocycles. The van der Waals surface area contributed by atoms with Gasteiger partial charge in [0.2, 0.25) is 0 Å². The SMILES string of the molecule is CN(CC1CCCC1)CC(CC(=O)O)C(=O)O. The molecular weight excluding hydrogens is 222 g/mol. The van der Waals surface area contributed by atoms with Gasteiger partial charge in [0.25, 0.3) is 0 Å². The number of carboxylic acids is 2. The van der Waals surface area contributed by atoms with Crippen molar-refractivity contribution in [1.29, 1.82) is 0 Å². The topological polar surface area (TPSA) is 77.8 Å². The quantitative estimate of drug-likeness (QED) is 0.704. The first-order chi connectivity index (χ1) is 7.99. The Hall–Kier alpha value is -1.10. The molecule has 98 valence electrons. The molecule has 5 nitrogen and oxygen atoms in total. The van der Waals surface area contributed by atoms with Crippen molar-refractivity contribution in [3.05, 3.63) is 0 Å². The van der Waals surface area contributed by atoms with Gasteiger partial charge >= 0.3 is 11.9 Å². The lowest BCUT2D eigenvalue weighted by molar-refractivity contribution is -0.148. The average Bonchev–Trinajstić information content (AvgIpc) is 2.68. The summed E-state index contributed by atoms with van der Waals surface area (Å²) in [5.41, 5.74) is 0. The van der Waals surface area contributed by atoms with E-state index < -0.39 is 17.9 Å². The lowest BCUT2D eigenvalue weighted by Gasteiger charge is -2.23. The van der Waals surface area contributed by atoms with Gasteiger partial charge in [0.1, 0.15) is 0 Å². The van der Waals surface area contributed by atoms with Crippen molar-refractivity contribution in [2.75, 3.05) is 20.1 Å². The van der Waals surface area contributed by atoms with Crippen LogP contribution in [0.15, 0.2) is 0 Å². The highest BCUT2D eigenvalue weighted by molar-refractivity contribution is 5.77.